The average Bonchev–Trinajstić information content (AvgIpc) is 2.40. The van der Waals surface area contributed by atoms with Gasteiger partial charge in [0.2, 0.25) is 5.91 Å². The van der Waals surface area contributed by atoms with Crippen LogP contribution in [-0.2, 0) is 16.1 Å². The van der Waals surface area contributed by atoms with Gasteiger partial charge in [-0.25, -0.2) is 0 Å². The number of nitrogens with zero attached hydrogens (tertiary/aromatic N) is 1. The fourth-order valence-electron chi connectivity index (χ4n) is 2.07. The summed E-state index contributed by atoms with van der Waals surface area (Å²) in [4.78, 5) is 14.1. The van der Waals surface area contributed by atoms with Crippen LogP contribution in [0, 0.1) is 5.92 Å². The Kier molecular flexibility index (Phi) is 6.53. The number of carbonyl (C=O) groups excluding carboxylic acids is 1. The number of nitrogens with two attached hydrogens (primary N) is 1. The van der Waals surface area contributed by atoms with Gasteiger partial charge in [0, 0.05) is 38.9 Å². The van der Waals surface area contributed by atoms with Crippen molar-refractivity contribution in [1.82, 2.24) is 0 Å². The lowest BCUT2D eigenvalue weighted by molar-refractivity contribution is -0.119. The highest BCUT2D eigenvalue weighted by molar-refractivity contribution is 5.93. The van der Waals surface area contributed by atoms with E-state index in [1.165, 1.54) is 0 Å². The van der Waals surface area contributed by atoms with Gasteiger partial charge in [0.15, 0.2) is 0 Å². The first-order valence-corrected chi connectivity index (χ1v) is 6.70. The summed E-state index contributed by atoms with van der Waals surface area (Å²) in [6, 6.07) is 7.82. The van der Waals surface area contributed by atoms with E-state index in [1.54, 1.807) is 12.0 Å². The maximum atomic E-state index is 12.3. The predicted molar refractivity (Wildman–Crippen MR) is 78.0 cm³/mol. The molecule has 1 rings (SSSR count). The fourth-order valence-corrected chi connectivity index (χ4v) is 2.07. The number of hydrogen-bond acceptors (Lipinski definition) is 3. The molecule has 19 heavy (non-hydrogen) atoms. The Morgan fingerprint density at radius 1 is 1.37 bits per heavy atom. The van der Waals surface area contributed by atoms with Crippen LogP contribution < -0.4 is 10.6 Å². The van der Waals surface area contributed by atoms with E-state index in [-0.39, 0.29) is 11.8 Å². The van der Waals surface area contributed by atoms with Crippen LogP contribution in [0.4, 0.5) is 5.69 Å². The fraction of sp³-hybridized carbons (Fsp3) is 0.533. The molecule has 0 aliphatic heterocycles. The van der Waals surface area contributed by atoms with Gasteiger partial charge in [-0.1, -0.05) is 19.1 Å². The monoisotopic (exact) mass is 264 g/mol. The molecule has 0 saturated carbocycles. The lowest BCUT2D eigenvalue weighted by Crippen LogP contribution is -2.32. The summed E-state index contributed by atoms with van der Waals surface area (Å²) >= 11 is 0. The van der Waals surface area contributed by atoms with Gasteiger partial charge in [-0.2, -0.15) is 0 Å². The first kappa shape index (κ1) is 15.7. The molecule has 0 aliphatic carbocycles. The Labute approximate surface area is 115 Å². The maximum Gasteiger partial charge on any atom is 0.227 e. The average molecular weight is 264 g/mol. The molecule has 106 valence electrons. The van der Waals surface area contributed by atoms with Gasteiger partial charge in [0.1, 0.15) is 0 Å². The third kappa shape index (κ3) is 4.65. The van der Waals surface area contributed by atoms with E-state index in [1.807, 2.05) is 38.1 Å². The number of hydrogen-bond donors (Lipinski definition) is 1. The molecule has 0 bridgehead atoms. The molecule has 4 heteroatoms. The SMILES string of the molecule is CCN(C(=O)CC(C)COC)c1ccc(CN)cc1. The van der Waals surface area contributed by atoms with E-state index < -0.39 is 0 Å². The van der Waals surface area contributed by atoms with Crippen LogP contribution in [0.1, 0.15) is 25.8 Å². The van der Waals surface area contributed by atoms with Gasteiger partial charge in [-0.3, -0.25) is 4.79 Å². The molecule has 0 heterocycles. The normalized spacial score (nSPS) is 12.2. The molecule has 0 fully saturated rings. The van der Waals surface area contributed by atoms with Crippen molar-refractivity contribution < 1.29 is 9.53 Å². The van der Waals surface area contributed by atoms with Crippen molar-refractivity contribution in [3.63, 3.8) is 0 Å². The Balaban J connectivity index is 2.72. The third-order valence-electron chi connectivity index (χ3n) is 3.08. The number of anilines is 1. The molecule has 0 saturated heterocycles. The summed E-state index contributed by atoms with van der Waals surface area (Å²) in [5, 5.41) is 0. The van der Waals surface area contributed by atoms with Crippen LogP contribution in [0.5, 0.6) is 0 Å². The molecule has 0 radical (unpaired) electrons. The quantitative estimate of drug-likeness (QED) is 0.821. The summed E-state index contributed by atoms with van der Waals surface area (Å²) in [7, 11) is 1.66. The van der Waals surface area contributed by atoms with Crippen LogP contribution in [0.2, 0.25) is 0 Å². The minimum absolute atomic E-state index is 0.132. The number of benzene rings is 1. The first-order chi connectivity index (χ1) is 9.12. The van der Waals surface area contributed by atoms with E-state index >= 15 is 0 Å². The van der Waals surface area contributed by atoms with E-state index in [0.29, 0.717) is 26.1 Å². The number of ether oxygens (including phenoxy) is 1. The Morgan fingerprint density at radius 3 is 2.47 bits per heavy atom. The summed E-state index contributed by atoms with van der Waals surface area (Å²) in [5.74, 6) is 0.363. The first-order valence-electron chi connectivity index (χ1n) is 6.70. The zero-order chi connectivity index (χ0) is 14.3. The van der Waals surface area contributed by atoms with Crippen molar-refractivity contribution in [1.29, 1.82) is 0 Å². The van der Waals surface area contributed by atoms with Crippen molar-refractivity contribution in [2.24, 2.45) is 11.7 Å². The van der Waals surface area contributed by atoms with Gasteiger partial charge < -0.3 is 15.4 Å². The predicted octanol–water partition coefficient (Wildman–Crippen LogP) is 2.17. The molecule has 1 atom stereocenters. The second kappa shape index (κ2) is 7.92. The van der Waals surface area contributed by atoms with Gasteiger partial charge in [-0.05, 0) is 30.5 Å². The second-order valence-electron chi connectivity index (χ2n) is 4.77. The van der Waals surface area contributed by atoms with Crippen LogP contribution in [0.15, 0.2) is 24.3 Å². The minimum Gasteiger partial charge on any atom is -0.384 e. The largest absolute Gasteiger partial charge is 0.384 e. The molecule has 2 N–H and O–H groups in total. The Hall–Kier alpha value is -1.39. The summed E-state index contributed by atoms with van der Waals surface area (Å²) in [6.07, 6.45) is 0.500. The molecule has 0 aromatic heterocycles. The number of methoxy groups -OCH3 is 1. The van der Waals surface area contributed by atoms with E-state index in [9.17, 15) is 4.79 Å². The number of carbonyl (C=O) groups is 1. The van der Waals surface area contributed by atoms with Gasteiger partial charge in [0.05, 0.1) is 0 Å². The highest BCUT2D eigenvalue weighted by atomic mass is 16.5. The zero-order valence-corrected chi connectivity index (χ0v) is 12.1. The molecular weight excluding hydrogens is 240 g/mol. The van der Waals surface area contributed by atoms with Gasteiger partial charge in [0.25, 0.3) is 0 Å². The van der Waals surface area contributed by atoms with Crippen molar-refractivity contribution in [2.75, 3.05) is 25.2 Å². The van der Waals surface area contributed by atoms with Crippen molar-refractivity contribution >= 4 is 11.6 Å². The van der Waals surface area contributed by atoms with Crippen LogP contribution in [-0.4, -0.2) is 26.2 Å². The molecule has 1 aromatic rings. The van der Waals surface area contributed by atoms with Crippen LogP contribution >= 0.6 is 0 Å². The third-order valence-corrected chi connectivity index (χ3v) is 3.08. The van der Waals surface area contributed by atoms with Crippen LogP contribution in [0.3, 0.4) is 0 Å². The lowest BCUT2D eigenvalue weighted by Gasteiger charge is -2.23. The topological polar surface area (TPSA) is 55.6 Å². The molecular formula is C15H24N2O2. The molecule has 4 nitrogen and oxygen atoms in total. The number of rotatable bonds is 7. The van der Waals surface area contributed by atoms with Gasteiger partial charge in [-0.15, -0.1) is 0 Å². The highest BCUT2D eigenvalue weighted by Gasteiger charge is 2.16. The van der Waals surface area contributed by atoms with E-state index in [0.717, 1.165) is 11.3 Å². The zero-order valence-electron chi connectivity index (χ0n) is 12.1. The molecule has 1 unspecified atom stereocenters. The van der Waals surface area contributed by atoms with Crippen molar-refractivity contribution in [3.8, 4) is 0 Å². The molecule has 1 aromatic carbocycles. The smallest absolute Gasteiger partial charge is 0.227 e. The summed E-state index contributed by atoms with van der Waals surface area (Å²) in [5.41, 5.74) is 7.57. The molecule has 0 spiro atoms. The maximum absolute atomic E-state index is 12.3. The second-order valence-corrected chi connectivity index (χ2v) is 4.77. The van der Waals surface area contributed by atoms with E-state index in [4.69, 9.17) is 10.5 Å². The number of amides is 1. The Morgan fingerprint density at radius 2 is 2.00 bits per heavy atom. The van der Waals surface area contributed by atoms with E-state index in [2.05, 4.69) is 0 Å². The lowest BCUT2D eigenvalue weighted by atomic mass is 10.1. The summed E-state index contributed by atoms with van der Waals surface area (Å²) in [6.45, 7) is 5.80. The van der Waals surface area contributed by atoms with Crippen molar-refractivity contribution in [3.05, 3.63) is 29.8 Å². The van der Waals surface area contributed by atoms with Gasteiger partial charge >= 0.3 is 0 Å². The standard InChI is InChI=1S/C15H24N2O2/c1-4-17(15(18)9-12(2)11-19-3)14-7-5-13(10-16)6-8-14/h5-8,12H,4,9-11,16H2,1-3H3. The highest BCUT2D eigenvalue weighted by Crippen LogP contribution is 2.17. The Bertz CT molecular complexity index is 390. The van der Waals surface area contributed by atoms with Crippen molar-refractivity contribution in [2.45, 2.75) is 26.8 Å². The summed E-state index contributed by atoms with van der Waals surface area (Å²) < 4.78 is 5.07. The minimum atomic E-state index is 0.132. The molecule has 0 aliphatic rings. The van der Waals surface area contributed by atoms with Crippen LogP contribution in [0.25, 0.3) is 0 Å². The molecule has 1 amide bonds.